The molecule has 0 atom stereocenters. The van der Waals surface area contributed by atoms with E-state index in [2.05, 4.69) is 6.08 Å². The first-order valence-corrected chi connectivity index (χ1v) is 6.67. The van der Waals surface area contributed by atoms with Gasteiger partial charge in [0.25, 0.3) is 0 Å². The molecule has 0 saturated heterocycles. The summed E-state index contributed by atoms with van der Waals surface area (Å²) in [6.07, 6.45) is 8.89. The van der Waals surface area contributed by atoms with E-state index < -0.39 is 0 Å². The number of fused-ring (bicyclic) bond motifs is 1. The third-order valence-electron chi connectivity index (χ3n) is 2.71. The van der Waals surface area contributed by atoms with E-state index in [1.165, 1.54) is 18.4 Å². The maximum atomic E-state index is 5.34. The number of hydrogen-bond acceptors (Lipinski definition) is 3. The zero-order chi connectivity index (χ0) is 13.1. The lowest BCUT2D eigenvalue weighted by Crippen LogP contribution is -2.00. The second-order valence-electron chi connectivity index (χ2n) is 4.24. The lowest BCUT2D eigenvalue weighted by atomic mass is 10.1. The van der Waals surface area contributed by atoms with Crippen molar-refractivity contribution in [3.8, 4) is 5.75 Å². The summed E-state index contributed by atoms with van der Waals surface area (Å²) in [5, 5.41) is 0. The zero-order valence-corrected chi connectivity index (χ0v) is 11.0. The highest BCUT2D eigenvalue weighted by molar-refractivity contribution is 5.58. The Kier molecular flexibility index (Phi) is 7.93. The number of benzene rings is 1. The molecule has 1 aromatic rings. The third kappa shape index (κ3) is 5.84. The fraction of sp³-hybridized carbons (Fsp3) is 0.467. The number of nitrogens with two attached hydrogens (primary N) is 2. The molecule has 0 saturated carbocycles. The first-order chi connectivity index (χ1) is 8.88. The molecule has 1 heterocycles. The largest absolute Gasteiger partial charge is 0.489 e. The van der Waals surface area contributed by atoms with E-state index >= 15 is 0 Å². The number of rotatable bonds is 5. The van der Waals surface area contributed by atoms with Gasteiger partial charge in [0.2, 0.25) is 0 Å². The highest BCUT2D eigenvalue weighted by Crippen LogP contribution is 2.21. The molecule has 18 heavy (non-hydrogen) atoms. The standard InChI is InChI=1S/C9H8O.C6H16N2/c1-2-6-9-8(4-1)5-3-7-10-9;7-5-3-1-2-4-6-8/h1-6H,7H2;1-8H2. The Morgan fingerprint density at radius 3 is 2.22 bits per heavy atom. The monoisotopic (exact) mass is 248 g/mol. The van der Waals surface area contributed by atoms with Crippen LogP contribution >= 0.6 is 0 Å². The molecule has 0 spiro atoms. The number of ether oxygens (including phenoxy) is 1. The fourth-order valence-corrected chi connectivity index (χ4v) is 1.70. The van der Waals surface area contributed by atoms with Crippen molar-refractivity contribution in [2.75, 3.05) is 19.7 Å². The van der Waals surface area contributed by atoms with Crippen LogP contribution in [0.4, 0.5) is 0 Å². The quantitative estimate of drug-likeness (QED) is 0.787. The highest BCUT2D eigenvalue weighted by atomic mass is 16.5. The Bertz CT molecular complexity index is 344. The Labute approximate surface area is 110 Å². The predicted octanol–water partition coefficient (Wildman–Crippen LogP) is 2.56. The number of hydrogen-bond donors (Lipinski definition) is 2. The molecule has 0 aliphatic carbocycles. The van der Waals surface area contributed by atoms with Gasteiger partial charge in [-0.15, -0.1) is 0 Å². The first kappa shape index (κ1) is 14.7. The van der Waals surface area contributed by atoms with Crippen LogP contribution in [0, 0.1) is 0 Å². The summed E-state index contributed by atoms with van der Waals surface area (Å²) >= 11 is 0. The van der Waals surface area contributed by atoms with Crippen molar-refractivity contribution >= 4 is 6.08 Å². The molecule has 1 aliphatic heterocycles. The van der Waals surface area contributed by atoms with Crippen LogP contribution in [-0.4, -0.2) is 19.7 Å². The molecule has 0 bridgehead atoms. The van der Waals surface area contributed by atoms with Gasteiger partial charge in [-0.05, 0) is 38.1 Å². The minimum Gasteiger partial charge on any atom is -0.489 e. The lowest BCUT2D eigenvalue weighted by molar-refractivity contribution is 0.358. The van der Waals surface area contributed by atoms with Gasteiger partial charge in [0.15, 0.2) is 0 Å². The first-order valence-electron chi connectivity index (χ1n) is 6.67. The van der Waals surface area contributed by atoms with Crippen LogP contribution in [0.1, 0.15) is 31.2 Å². The molecule has 4 N–H and O–H groups in total. The third-order valence-corrected chi connectivity index (χ3v) is 2.71. The lowest BCUT2D eigenvalue weighted by Gasteiger charge is -2.10. The molecule has 1 aromatic carbocycles. The summed E-state index contributed by atoms with van der Waals surface area (Å²) < 4.78 is 5.34. The van der Waals surface area contributed by atoms with Gasteiger partial charge in [-0.25, -0.2) is 0 Å². The van der Waals surface area contributed by atoms with Crippen LogP contribution in [0.3, 0.4) is 0 Å². The molecule has 0 amide bonds. The van der Waals surface area contributed by atoms with Crippen LogP contribution in [0.25, 0.3) is 6.08 Å². The van der Waals surface area contributed by atoms with Crippen molar-refractivity contribution in [1.29, 1.82) is 0 Å². The van der Waals surface area contributed by atoms with Crippen LogP contribution in [0.2, 0.25) is 0 Å². The van der Waals surface area contributed by atoms with Crippen LogP contribution in [-0.2, 0) is 0 Å². The van der Waals surface area contributed by atoms with Crippen molar-refractivity contribution in [2.24, 2.45) is 11.5 Å². The Morgan fingerprint density at radius 1 is 0.944 bits per heavy atom. The Morgan fingerprint density at radius 2 is 1.61 bits per heavy atom. The molecular formula is C15H24N2O. The van der Waals surface area contributed by atoms with E-state index in [0.717, 1.165) is 31.7 Å². The van der Waals surface area contributed by atoms with E-state index in [4.69, 9.17) is 16.2 Å². The summed E-state index contributed by atoms with van der Waals surface area (Å²) in [6, 6.07) is 8.03. The summed E-state index contributed by atoms with van der Waals surface area (Å²) in [5.41, 5.74) is 11.7. The molecule has 0 fully saturated rings. The molecule has 3 nitrogen and oxygen atoms in total. The fourth-order valence-electron chi connectivity index (χ4n) is 1.70. The number of para-hydroxylation sites is 1. The molecular weight excluding hydrogens is 224 g/mol. The van der Waals surface area contributed by atoms with Crippen LogP contribution in [0.5, 0.6) is 5.75 Å². The molecule has 1 aliphatic rings. The van der Waals surface area contributed by atoms with Gasteiger partial charge < -0.3 is 16.2 Å². The maximum absolute atomic E-state index is 5.34. The average molecular weight is 248 g/mol. The molecule has 0 radical (unpaired) electrons. The van der Waals surface area contributed by atoms with Crippen LogP contribution in [0.15, 0.2) is 30.3 Å². The van der Waals surface area contributed by atoms with E-state index in [9.17, 15) is 0 Å². The summed E-state index contributed by atoms with van der Waals surface area (Å²) in [7, 11) is 0. The van der Waals surface area contributed by atoms with Gasteiger partial charge in [-0.2, -0.15) is 0 Å². The summed E-state index contributed by atoms with van der Waals surface area (Å²) in [4.78, 5) is 0. The van der Waals surface area contributed by atoms with Gasteiger partial charge in [-0.1, -0.05) is 37.1 Å². The van der Waals surface area contributed by atoms with Crippen molar-refractivity contribution in [1.82, 2.24) is 0 Å². The highest BCUT2D eigenvalue weighted by Gasteiger charge is 2.01. The normalized spacial score (nSPS) is 12.1. The predicted molar refractivity (Wildman–Crippen MR) is 77.5 cm³/mol. The zero-order valence-electron chi connectivity index (χ0n) is 11.0. The van der Waals surface area contributed by atoms with Gasteiger partial charge in [0.05, 0.1) is 0 Å². The molecule has 3 heteroatoms. The topological polar surface area (TPSA) is 61.3 Å². The Balaban J connectivity index is 0.000000187. The minimum absolute atomic E-state index is 0.705. The molecule has 2 rings (SSSR count). The van der Waals surface area contributed by atoms with Crippen LogP contribution < -0.4 is 16.2 Å². The SMILES string of the molecule is C1=Cc2ccccc2OC1.NCCCCCCN. The minimum atomic E-state index is 0.705. The van der Waals surface area contributed by atoms with Gasteiger partial charge in [0.1, 0.15) is 12.4 Å². The summed E-state index contributed by atoms with van der Waals surface area (Å²) in [6.45, 7) is 2.35. The van der Waals surface area contributed by atoms with Gasteiger partial charge in [0, 0.05) is 5.56 Å². The summed E-state index contributed by atoms with van der Waals surface area (Å²) in [5.74, 6) is 0.991. The molecule has 100 valence electrons. The maximum Gasteiger partial charge on any atom is 0.126 e. The second kappa shape index (κ2) is 9.68. The Hall–Kier alpha value is -1.32. The molecule has 0 aromatic heterocycles. The van der Waals surface area contributed by atoms with E-state index in [0.29, 0.717) is 6.61 Å². The number of unbranched alkanes of at least 4 members (excludes halogenated alkanes) is 3. The van der Waals surface area contributed by atoms with Gasteiger partial charge >= 0.3 is 0 Å². The van der Waals surface area contributed by atoms with Crippen molar-refractivity contribution < 1.29 is 4.74 Å². The van der Waals surface area contributed by atoms with Gasteiger partial charge in [-0.3, -0.25) is 0 Å². The smallest absolute Gasteiger partial charge is 0.126 e. The van der Waals surface area contributed by atoms with E-state index in [1.807, 2.05) is 30.3 Å². The van der Waals surface area contributed by atoms with Crippen molar-refractivity contribution in [2.45, 2.75) is 25.7 Å². The van der Waals surface area contributed by atoms with E-state index in [1.54, 1.807) is 0 Å². The average Bonchev–Trinajstić information content (AvgIpc) is 2.45. The van der Waals surface area contributed by atoms with Crippen molar-refractivity contribution in [3.05, 3.63) is 35.9 Å². The van der Waals surface area contributed by atoms with Crippen molar-refractivity contribution in [3.63, 3.8) is 0 Å². The molecule has 0 unspecified atom stereocenters. The van der Waals surface area contributed by atoms with E-state index in [-0.39, 0.29) is 0 Å². The second-order valence-corrected chi connectivity index (χ2v) is 4.24.